The number of aromatic nitrogens is 1. The van der Waals surface area contributed by atoms with Crippen molar-refractivity contribution in [3.63, 3.8) is 0 Å². The van der Waals surface area contributed by atoms with Crippen LogP contribution in [0.5, 0.6) is 0 Å². The van der Waals surface area contributed by atoms with E-state index >= 15 is 0 Å². The zero-order valence-electron chi connectivity index (χ0n) is 12.7. The van der Waals surface area contributed by atoms with Gasteiger partial charge in [0.2, 0.25) is 0 Å². The summed E-state index contributed by atoms with van der Waals surface area (Å²) in [7, 11) is 0. The van der Waals surface area contributed by atoms with Crippen LogP contribution in [0.1, 0.15) is 43.0 Å². The number of allylic oxidation sites excluding steroid dienone is 1. The van der Waals surface area contributed by atoms with Crippen LogP contribution in [0.25, 0.3) is 10.8 Å². The summed E-state index contributed by atoms with van der Waals surface area (Å²) in [6.45, 7) is 2.02. The molecule has 0 saturated heterocycles. The number of aromatic amines is 1. The highest BCUT2D eigenvalue weighted by molar-refractivity contribution is 6.06. The first-order valence-electron chi connectivity index (χ1n) is 7.77. The van der Waals surface area contributed by atoms with Crippen molar-refractivity contribution in [3.05, 3.63) is 58.0 Å². The zero-order chi connectivity index (χ0) is 15.5. The molecule has 1 aliphatic carbocycles. The van der Waals surface area contributed by atoms with E-state index in [0.717, 1.165) is 12.8 Å². The lowest BCUT2D eigenvalue weighted by atomic mass is 9.94. The first-order chi connectivity index (χ1) is 10.7. The van der Waals surface area contributed by atoms with Crippen LogP contribution in [0.2, 0.25) is 0 Å². The Kier molecular flexibility index (Phi) is 4.09. The van der Waals surface area contributed by atoms with Crippen molar-refractivity contribution in [1.29, 1.82) is 0 Å². The topological polar surface area (TPSA) is 62.0 Å². The molecule has 1 unspecified atom stereocenters. The first-order valence-corrected chi connectivity index (χ1v) is 7.77. The van der Waals surface area contributed by atoms with Gasteiger partial charge in [-0.15, -0.1) is 0 Å². The second-order valence-electron chi connectivity index (χ2n) is 5.80. The highest BCUT2D eigenvalue weighted by Gasteiger charge is 2.17. The Hall–Kier alpha value is -2.36. The molecule has 2 aromatic rings. The third-order valence-corrected chi connectivity index (χ3v) is 4.28. The van der Waals surface area contributed by atoms with Gasteiger partial charge in [0.1, 0.15) is 0 Å². The molecular formula is C18H20N2O2. The van der Waals surface area contributed by atoms with Crippen molar-refractivity contribution in [2.24, 2.45) is 0 Å². The maximum atomic E-state index is 12.6. The van der Waals surface area contributed by atoms with Crippen molar-refractivity contribution >= 4 is 16.7 Å². The maximum Gasteiger partial charge on any atom is 0.255 e. The number of hydrogen-bond acceptors (Lipinski definition) is 2. The van der Waals surface area contributed by atoms with Gasteiger partial charge in [0.25, 0.3) is 11.5 Å². The van der Waals surface area contributed by atoms with Crippen molar-refractivity contribution < 1.29 is 4.79 Å². The van der Waals surface area contributed by atoms with Crippen LogP contribution in [-0.4, -0.2) is 16.9 Å². The average Bonchev–Trinajstić information content (AvgIpc) is 2.56. The number of amides is 1. The number of carbonyl (C=O) groups excluding carboxylic acids is 1. The summed E-state index contributed by atoms with van der Waals surface area (Å²) in [5, 5.41) is 4.28. The Morgan fingerprint density at radius 3 is 2.73 bits per heavy atom. The van der Waals surface area contributed by atoms with Gasteiger partial charge in [0.05, 0.1) is 5.56 Å². The minimum Gasteiger partial charge on any atom is -0.346 e. The van der Waals surface area contributed by atoms with E-state index in [1.807, 2.05) is 19.1 Å². The monoisotopic (exact) mass is 296 g/mol. The molecule has 1 aromatic heterocycles. The van der Waals surface area contributed by atoms with Crippen molar-refractivity contribution in [2.75, 3.05) is 0 Å². The summed E-state index contributed by atoms with van der Waals surface area (Å²) in [6, 6.07) is 7.21. The molecule has 1 atom stereocenters. The van der Waals surface area contributed by atoms with E-state index < -0.39 is 0 Å². The predicted octanol–water partition coefficient (Wildman–Crippen LogP) is 3.15. The van der Waals surface area contributed by atoms with Gasteiger partial charge in [0.15, 0.2) is 0 Å². The molecule has 0 spiro atoms. The molecule has 3 rings (SSSR count). The number of rotatable bonds is 3. The lowest BCUT2D eigenvalue weighted by Crippen LogP contribution is -2.35. The fourth-order valence-corrected chi connectivity index (χ4v) is 3.02. The van der Waals surface area contributed by atoms with E-state index in [1.54, 1.807) is 12.1 Å². The third kappa shape index (κ3) is 2.82. The smallest absolute Gasteiger partial charge is 0.255 e. The third-order valence-electron chi connectivity index (χ3n) is 4.28. The van der Waals surface area contributed by atoms with Gasteiger partial charge < -0.3 is 10.3 Å². The lowest BCUT2D eigenvalue weighted by Gasteiger charge is -2.21. The van der Waals surface area contributed by atoms with Gasteiger partial charge in [-0.05, 0) is 38.7 Å². The summed E-state index contributed by atoms with van der Waals surface area (Å²) >= 11 is 0. The number of benzene rings is 1. The number of pyridine rings is 1. The summed E-state index contributed by atoms with van der Waals surface area (Å²) in [6.07, 6.45) is 8.30. The molecule has 0 aliphatic heterocycles. The SMILES string of the molecule is CC(NC(=O)c1c[nH]c(=O)c2ccccc12)C1=CCCCC1. The van der Waals surface area contributed by atoms with Gasteiger partial charge in [0, 0.05) is 23.0 Å². The zero-order valence-corrected chi connectivity index (χ0v) is 12.7. The second-order valence-corrected chi connectivity index (χ2v) is 5.80. The number of H-pyrrole nitrogens is 1. The van der Waals surface area contributed by atoms with Gasteiger partial charge >= 0.3 is 0 Å². The molecule has 1 aliphatic rings. The maximum absolute atomic E-state index is 12.6. The van der Waals surface area contributed by atoms with Crippen LogP contribution >= 0.6 is 0 Å². The molecule has 22 heavy (non-hydrogen) atoms. The normalized spacial score (nSPS) is 16.1. The highest BCUT2D eigenvalue weighted by Crippen LogP contribution is 2.21. The van der Waals surface area contributed by atoms with Gasteiger partial charge in [-0.3, -0.25) is 9.59 Å². The van der Waals surface area contributed by atoms with Gasteiger partial charge in [-0.2, -0.15) is 0 Å². The second kappa shape index (κ2) is 6.18. The molecule has 0 radical (unpaired) electrons. The Bertz CT molecular complexity index is 789. The quantitative estimate of drug-likeness (QED) is 0.855. The number of carbonyl (C=O) groups is 1. The lowest BCUT2D eigenvalue weighted by molar-refractivity contribution is 0.0946. The van der Waals surface area contributed by atoms with E-state index in [0.29, 0.717) is 16.3 Å². The number of hydrogen-bond donors (Lipinski definition) is 2. The Morgan fingerprint density at radius 1 is 1.23 bits per heavy atom. The summed E-state index contributed by atoms with van der Waals surface area (Å²) < 4.78 is 0. The Morgan fingerprint density at radius 2 is 2.00 bits per heavy atom. The minimum absolute atomic E-state index is 0.0264. The van der Waals surface area contributed by atoms with Crippen LogP contribution in [-0.2, 0) is 0 Å². The molecule has 0 bridgehead atoms. The largest absolute Gasteiger partial charge is 0.346 e. The van der Waals surface area contributed by atoms with Gasteiger partial charge in [-0.25, -0.2) is 0 Å². The Labute approximate surface area is 129 Å². The summed E-state index contributed by atoms with van der Waals surface area (Å²) in [5.74, 6) is -0.147. The molecule has 0 saturated carbocycles. The molecule has 4 heteroatoms. The Balaban J connectivity index is 1.88. The fraction of sp³-hybridized carbons (Fsp3) is 0.333. The molecule has 1 heterocycles. The van der Waals surface area contributed by atoms with Crippen molar-refractivity contribution in [3.8, 4) is 0 Å². The van der Waals surface area contributed by atoms with Crippen LogP contribution in [0.4, 0.5) is 0 Å². The number of fused-ring (bicyclic) bond motifs is 1. The number of nitrogens with one attached hydrogen (secondary N) is 2. The van der Waals surface area contributed by atoms with Crippen LogP contribution in [0.15, 0.2) is 46.9 Å². The fourth-order valence-electron chi connectivity index (χ4n) is 3.02. The molecule has 4 nitrogen and oxygen atoms in total. The standard InChI is InChI=1S/C18H20N2O2/c1-12(13-7-3-2-4-8-13)20-18(22)16-11-19-17(21)15-10-6-5-9-14(15)16/h5-7,9-12H,2-4,8H2,1H3,(H,19,21)(H,20,22). The highest BCUT2D eigenvalue weighted by atomic mass is 16.2. The van der Waals surface area contributed by atoms with Gasteiger partial charge in [-0.1, -0.05) is 29.8 Å². The summed E-state index contributed by atoms with van der Waals surface area (Å²) in [4.78, 5) is 27.0. The van der Waals surface area contributed by atoms with E-state index in [9.17, 15) is 9.59 Å². The van der Waals surface area contributed by atoms with E-state index in [1.165, 1.54) is 24.6 Å². The molecule has 1 aromatic carbocycles. The van der Waals surface area contributed by atoms with E-state index in [2.05, 4.69) is 16.4 Å². The minimum atomic E-state index is -0.171. The molecule has 114 valence electrons. The van der Waals surface area contributed by atoms with E-state index in [4.69, 9.17) is 0 Å². The molecule has 0 fully saturated rings. The summed E-state index contributed by atoms with van der Waals surface area (Å²) in [5.41, 5.74) is 1.64. The van der Waals surface area contributed by atoms with Crippen LogP contribution in [0, 0.1) is 0 Å². The van der Waals surface area contributed by atoms with Crippen molar-refractivity contribution in [2.45, 2.75) is 38.6 Å². The van der Waals surface area contributed by atoms with Crippen molar-refractivity contribution in [1.82, 2.24) is 10.3 Å². The van der Waals surface area contributed by atoms with Crippen LogP contribution < -0.4 is 10.9 Å². The molecule has 1 amide bonds. The van der Waals surface area contributed by atoms with Crippen LogP contribution in [0.3, 0.4) is 0 Å². The molecule has 2 N–H and O–H groups in total. The van der Waals surface area contributed by atoms with E-state index in [-0.39, 0.29) is 17.5 Å². The molecular weight excluding hydrogens is 276 g/mol. The first kappa shape index (κ1) is 14.6. The predicted molar refractivity (Wildman–Crippen MR) is 88.0 cm³/mol. The average molecular weight is 296 g/mol.